The number of aromatic nitrogens is 3. The van der Waals surface area contributed by atoms with Crippen molar-refractivity contribution in [3.05, 3.63) is 42.5 Å². The maximum Gasteiger partial charge on any atom is 0.407 e. The summed E-state index contributed by atoms with van der Waals surface area (Å²) < 4.78 is 7.26. The number of carbonyl (C=O) groups is 1. The predicted octanol–water partition coefficient (Wildman–Crippen LogP) is 3.02. The van der Waals surface area contributed by atoms with E-state index in [1.807, 2.05) is 55.7 Å². The van der Waals surface area contributed by atoms with Crippen LogP contribution < -0.4 is 16.0 Å². The fraction of sp³-hybridized carbons (Fsp3) is 0.545. The topological polar surface area (TPSA) is 105 Å². The standard InChI is InChI=1S/C22H35N7O2/c1-6-7-11-17(14-25-21(30)31-22(2,3)4)27-20(23-5)24-15-19-28-26-16-29(19)18-12-9-8-10-13-18/h8-10,12-13,16-17H,6-7,11,14-15H2,1-5H3,(H,25,30)(H2,23,24,27). The van der Waals surface area contributed by atoms with Crippen LogP contribution in [-0.4, -0.2) is 52.1 Å². The van der Waals surface area contributed by atoms with Crippen LogP contribution in [-0.2, 0) is 11.3 Å². The summed E-state index contributed by atoms with van der Waals surface area (Å²) in [5.41, 5.74) is 0.470. The Labute approximate surface area is 184 Å². The molecular formula is C22H35N7O2. The summed E-state index contributed by atoms with van der Waals surface area (Å²) in [5.74, 6) is 1.40. The summed E-state index contributed by atoms with van der Waals surface area (Å²) in [6.07, 6.45) is 4.27. The fourth-order valence-electron chi connectivity index (χ4n) is 2.93. The van der Waals surface area contributed by atoms with Crippen LogP contribution >= 0.6 is 0 Å². The summed E-state index contributed by atoms with van der Waals surface area (Å²) in [7, 11) is 1.72. The second-order valence-electron chi connectivity index (χ2n) is 8.24. The lowest BCUT2D eigenvalue weighted by Gasteiger charge is -2.24. The number of carbonyl (C=O) groups excluding carboxylic acids is 1. The summed E-state index contributed by atoms with van der Waals surface area (Å²) in [4.78, 5) is 16.3. The number of alkyl carbamates (subject to hydrolysis) is 1. The van der Waals surface area contributed by atoms with Gasteiger partial charge in [0.1, 0.15) is 11.9 Å². The zero-order chi connectivity index (χ0) is 22.7. The van der Waals surface area contributed by atoms with Crippen molar-refractivity contribution in [2.24, 2.45) is 4.99 Å². The van der Waals surface area contributed by atoms with Gasteiger partial charge in [-0.2, -0.15) is 0 Å². The molecular weight excluding hydrogens is 394 g/mol. The van der Waals surface area contributed by atoms with E-state index in [2.05, 4.69) is 38.1 Å². The average Bonchev–Trinajstić information content (AvgIpc) is 3.20. The molecule has 9 heteroatoms. The smallest absolute Gasteiger partial charge is 0.407 e. The lowest BCUT2D eigenvalue weighted by Crippen LogP contribution is -2.49. The highest BCUT2D eigenvalue weighted by atomic mass is 16.6. The molecule has 0 saturated carbocycles. The highest BCUT2D eigenvalue weighted by Crippen LogP contribution is 2.09. The van der Waals surface area contributed by atoms with Crippen LogP contribution in [0.15, 0.2) is 41.7 Å². The van der Waals surface area contributed by atoms with E-state index in [0.717, 1.165) is 30.8 Å². The number of ether oxygens (including phenoxy) is 1. The van der Waals surface area contributed by atoms with Crippen LogP contribution in [0.4, 0.5) is 4.79 Å². The molecule has 0 bridgehead atoms. The molecule has 0 aliphatic heterocycles. The van der Waals surface area contributed by atoms with E-state index in [1.54, 1.807) is 13.4 Å². The molecule has 0 aliphatic rings. The molecule has 1 unspecified atom stereocenters. The van der Waals surface area contributed by atoms with Crippen molar-refractivity contribution in [3.8, 4) is 5.69 Å². The largest absolute Gasteiger partial charge is 0.444 e. The van der Waals surface area contributed by atoms with Crippen LogP contribution in [0.25, 0.3) is 5.69 Å². The van der Waals surface area contributed by atoms with Gasteiger partial charge in [0.15, 0.2) is 11.8 Å². The summed E-state index contributed by atoms with van der Waals surface area (Å²) in [6.45, 7) is 8.57. The maximum atomic E-state index is 12.0. The molecule has 0 fully saturated rings. The second-order valence-corrected chi connectivity index (χ2v) is 8.24. The number of aliphatic imine (C=N–C) groups is 1. The minimum absolute atomic E-state index is 0.0191. The van der Waals surface area contributed by atoms with Crippen LogP contribution in [0.2, 0.25) is 0 Å². The Morgan fingerprint density at radius 2 is 1.97 bits per heavy atom. The third kappa shape index (κ3) is 8.65. The van der Waals surface area contributed by atoms with Crippen LogP contribution in [0.5, 0.6) is 0 Å². The molecule has 0 radical (unpaired) electrons. The third-order valence-electron chi connectivity index (χ3n) is 4.43. The molecule has 1 amide bonds. The highest BCUT2D eigenvalue weighted by Gasteiger charge is 2.18. The number of unbranched alkanes of at least 4 members (excludes halogenated alkanes) is 1. The zero-order valence-corrected chi connectivity index (χ0v) is 19.2. The van der Waals surface area contributed by atoms with E-state index in [1.165, 1.54) is 0 Å². The van der Waals surface area contributed by atoms with Gasteiger partial charge in [0.25, 0.3) is 0 Å². The van der Waals surface area contributed by atoms with Crippen LogP contribution in [0.1, 0.15) is 52.8 Å². The lowest BCUT2D eigenvalue weighted by atomic mass is 10.1. The normalized spacial score (nSPS) is 12.9. The molecule has 1 heterocycles. The molecule has 9 nitrogen and oxygen atoms in total. The Balaban J connectivity index is 1.94. The zero-order valence-electron chi connectivity index (χ0n) is 19.2. The summed E-state index contributed by atoms with van der Waals surface area (Å²) >= 11 is 0. The number of hydrogen-bond donors (Lipinski definition) is 3. The van der Waals surface area contributed by atoms with Gasteiger partial charge in [0.05, 0.1) is 6.54 Å². The molecule has 3 N–H and O–H groups in total. The van der Waals surface area contributed by atoms with Crippen LogP contribution in [0, 0.1) is 0 Å². The monoisotopic (exact) mass is 429 g/mol. The van der Waals surface area contributed by atoms with Crippen molar-refractivity contribution in [2.45, 2.75) is 65.1 Å². The molecule has 1 atom stereocenters. The van der Waals surface area contributed by atoms with E-state index in [0.29, 0.717) is 19.0 Å². The first-order chi connectivity index (χ1) is 14.8. The van der Waals surface area contributed by atoms with Crippen molar-refractivity contribution >= 4 is 12.1 Å². The van der Waals surface area contributed by atoms with E-state index in [9.17, 15) is 4.79 Å². The fourth-order valence-corrected chi connectivity index (χ4v) is 2.93. The maximum absolute atomic E-state index is 12.0. The molecule has 0 spiro atoms. The van der Waals surface area contributed by atoms with Gasteiger partial charge in [-0.3, -0.25) is 9.56 Å². The molecule has 170 valence electrons. The van der Waals surface area contributed by atoms with Crippen molar-refractivity contribution in [2.75, 3.05) is 13.6 Å². The number of rotatable bonds is 9. The van der Waals surface area contributed by atoms with E-state index >= 15 is 0 Å². The number of benzene rings is 1. The Kier molecular flexibility index (Phi) is 9.30. The van der Waals surface area contributed by atoms with E-state index < -0.39 is 11.7 Å². The number of guanidine groups is 1. The second kappa shape index (κ2) is 11.9. The van der Waals surface area contributed by atoms with Gasteiger partial charge in [-0.25, -0.2) is 4.79 Å². The quantitative estimate of drug-likeness (QED) is 0.418. The van der Waals surface area contributed by atoms with Gasteiger partial charge < -0.3 is 20.7 Å². The molecule has 2 rings (SSSR count). The Bertz CT molecular complexity index is 828. The minimum Gasteiger partial charge on any atom is -0.444 e. The molecule has 31 heavy (non-hydrogen) atoms. The number of para-hydroxylation sites is 1. The van der Waals surface area contributed by atoms with Gasteiger partial charge in [-0.1, -0.05) is 38.0 Å². The number of amides is 1. The molecule has 0 saturated heterocycles. The number of nitrogens with zero attached hydrogens (tertiary/aromatic N) is 4. The van der Waals surface area contributed by atoms with Gasteiger partial charge in [0.2, 0.25) is 0 Å². The Hall–Kier alpha value is -3.10. The van der Waals surface area contributed by atoms with Gasteiger partial charge >= 0.3 is 6.09 Å². The van der Waals surface area contributed by atoms with Crippen molar-refractivity contribution in [3.63, 3.8) is 0 Å². The Morgan fingerprint density at radius 1 is 1.23 bits per heavy atom. The van der Waals surface area contributed by atoms with Crippen molar-refractivity contribution < 1.29 is 9.53 Å². The molecule has 1 aromatic carbocycles. The number of nitrogens with one attached hydrogen (secondary N) is 3. The first kappa shape index (κ1) is 24.2. The Morgan fingerprint density at radius 3 is 2.61 bits per heavy atom. The minimum atomic E-state index is -0.525. The SMILES string of the molecule is CCCCC(CNC(=O)OC(C)(C)C)NC(=NC)NCc1nncn1-c1ccccc1. The first-order valence-electron chi connectivity index (χ1n) is 10.7. The number of hydrogen-bond acceptors (Lipinski definition) is 5. The molecule has 2 aromatic rings. The van der Waals surface area contributed by atoms with Crippen molar-refractivity contribution in [1.29, 1.82) is 0 Å². The van der Waals surface area contributed by atoms with Crippen molar-refractivity contribution in [1.82, 2.24) is 30.7 Å². The highest BCUT2D eigenvalue weighted by molar-refractivity contribution is 5.80. The van der Waals surface area contributed by atoms with Crippen LogP contribution in [0.3, 0.4) is 0 Å². The summed E-state index contributed by atoms with van der Waals surface area (Å²) in [5, 5.41) is 17.8. The molecule has 0 aliphatic carbocycles. The third-order valence-corrected chi connectivity index (χ3v) is 4.43. The average molecular weight is 430 g/mol. The summed E-state index contributed by atoms with van der Waals surface area (Å²) in [6, 6.07) is 9.95. The lowest BCUT2D eigenvalue weighted by molar-refractivity contribution is 0.0523. The first-order valence-corrected chi connectivity index (χ1v) is 10.7. The molecule has 1 aromatic heterocycles. The van der Waals surface area contributed by atoms with Gasteiger partial charge in [-0.15, -0.1) is 10.2 Å². The van der Waals surface area contributed by atoms with Gasteiger partial charge in [0, 0.05) is 25.3 Å². The van der Waals surface area contributed by atoms with E-state index in [-0.39, 0.29) is 6.04 Å². The predicted molar refractivity (Wildman–Crippen MR) is 122 cm³/mol. The van der Waals surface area contributed by atoms with Gasteiger partial charge in [-0.05, 0) is 39.3 Å². The van der Waals surface area contributed by atoms with E-state index in [4.69, 9.17) is 4.74 Å².